The van der Waals surface area contributed by atoms with Gasteiger partial charge in [-0.2, -0.15) is 0 Å². The van der Waals surface area contributed by atoms with Gasteiger partial charge in [-0.3, -0.25) is 0 Å². The quantitative estimate of drug-likeness (QED) is 0.699. The summed E-state index contributed by atoms with van der Waals surface area (Å²) in [6.45, 7) is 18.2. The first-order chi connectivity index (χ1) is 11.6. The van der Waals surface area contributed by atoms with E-state index in [2.05, 4.69) is 33.9 Å². The summed E-state index contributed by atoms with van der Waals surface area (Å²) in [6.07, 6.45) is 0. The van der Waals surface area contributed by atoms with Gasteiger partial charge < -0.3 is 13.7 Å². The normalized spacial score (nSPS) is 19.9. The second-order valence-corrected chi connectivity index (χ2v) is 14.4. The Bertz CT molecular complexity index is 668. The molecule has 1 aliphatic rings. The Balaban J connectivity index is 2.37. The number of hydrogen-bond donors (Lipinski definition) is 0. The van der Waals surface area contributed by atoms with E-state index in [1.165, 1.54) is 6.07 Å². The van der Waals surface area contributed by atoms with Crippen LogP contribution in [0.5, 0.6) is 0 Å². The summed E-state index contributed by atoms with van der Waals surface area (Å²) in [4.78, 5) is 0. The first kappa shape index (κ1) is 21.5. The Morgan fingerprint density at radius 3 is 2.00 bits per heavy atom. The molecule has 3 nitrogen and oxygen atoms in total. The number of benzene rings is 1. The minimum absolute atomic E-state index is 0.000500. The summed E-state index contributed by atoms with van der Waals surface area (Å²) in [6, 6.07) is 2.65. The smallest absolute Gasteiger partial charge is 0.412 e. The lowest BCUT2D eigenvalue weighted by Gasteiger charge is -2.36. The van der Waals surface area contributed by atoms with Gasteiger partial charge in [0, 0.05) is 5.56 Å². The molecule has 1 heterocycles. The summed E-state index contributed by atoms with van der Waals surface area (Å²) in [5.41, 5.74) is -0.449. The SMILES string of the molecule is CC1(C)OB(c2ccc(F)c(F)c2CO[Si](C)(C)C(C)(C)C)OC1(C)C. The van der Waals surface area contributed by atoms with Gasteiger partial charge in [0.25, 0.3) is 0 Å². The predicted molar refractivity (Wildman–Crippen MR) is 104 cm³/mol. The lowest BCUT2D eigenvalue weighted by molar-refractivity contribution is 0.00578. The van der Waals surface area contributed by atoms with Crippen LogP contribution in [0.15, 0.2) is 12.1 Å². The molecule has 1 saturated heterocycles. The summed E-state index contributed by atoms with van der Waals surface area (Å²) in [5, 5.41) is -0.0265. The van der Waals surface area contributed by atoms with Gasteiger partial charge in [0.2, 0.25) is 0 Å². The standard InChI is InChI=1S/C19H31BF2O3Si/c1-17(2,3)26(8,9)23-12-13-14(10-11-15(21)16(13)22)20-24-18(4,5)19(6,7)25-20/h10-11H,12H2,1-9H3. The molecule has 0 atom stereocenters. The molecule has 26 heavy (non-hydrogen) atoms. The van der Waals surface area contributed by atoms with Gasteiger partial charge in [-0.15, -0.1) is 0 Å². The summed E-state index contributed by atoms with van der Waals surface area (Å²) >= 11 is 0. The Kier molecular flexibility index (Phi) is 5.54. The van der Waals surface area contributed by atoms with Crippen molar-refractivity contribution < 1.29 is 22.5 Å². The molecule has 0 unspecified atom stereocenters. The molecule has 2 rings (SSSR count). The minimum Gasteiger partial charge on any atom is -0.412 e. The van der Waals surface area contributed by atoms with Crippen molar-refractivity contribution in [1.82, 2.24) is 0 Å². The number of hydrogen-bond acceptors (Lipinski definition) is 3. The molecule has 0 amide bonds. The molecular formula is C19H31BF2O3Si. The second kappa shape index (κ2) is 6.69. The van der Waals surface area contributed by atoms with Crippen molar-refractivity contribution >= 4 is 20.9 Å². The maximum absolute atomic E-state index is 14.6. The van der Waals surface area contributed by atoms with E-state index in [0.717, 1.165) is 6.07 Å². The predicted octanol–water partition coefficient (Wildman–Crippen LogP) is 4.79. The Morgan fingerprint density at radius 1 is 1.04 bits per heavy atom. The average molecular weight is 384 g/mol. The van der Waals surface area contributed by atoms with Crippen molar-refractivity contribution in [3.8, 4) is 0 Å². The molecule has 0 bridgehead atoms. The third-order valence-corrected chi connectivity index (χ3v) is 10.6. The topological polar surface area (TPSA) is 27.7 Å². The van der Waals surface area contributed by atoms with Crippen molar-refractivity contribution in [1.29, 1.82) is 0 Å². The van der Waals surface area contributed by atoms with Crippen LogP contribution in [0.1, 0.15) is 54.0 Å². The number of rotatable bonds is 4. The van der Waals surface area contributed by atoms with Gasteiger partial charge in [-0.25, -0.2) is 8.78 Å². The van der Waals surface area contributed by atoms with E-state index in [9.17, 15) is 8.78 Å². The Morgan fingerprint density at radius 2 is 1.54 bits per heavy atom. The molecule has 0 N–H and O–H groups in total. The van der Waals surface area contributed by atoms with E-state index in [-0.39, 0.29) is 17.2 Å². The van der Waals surface area contributed by atoms with Crippen LogP contribution in [0.2, 0.25) is 18.1 Å². The third kappa shape index (κ3) is 3.91. The number of halogens is 2. The molecule has 0 aromatic heterocycles. The van der Waals surface area contributed by atoms with Crippen molar-refractivity contribution in [2.24, 2.45) is 0 Å². The Hall–Kier alpha value is -0.758. The molecular weight excluding hydrogens is 353 g/mol. The first-order valence-corrected chi connectivity index (χ1v) is 12.0. The molecule has 1 aliphatic heterocycles. The summed E-state index contributed by atoms with van der Waals surface area (Å²) in [5.74, 6) is -1.78. The molecule has 146 valence electrons. The van der Waals surface area contributed by atoms with E-state index in [0.29, 0.717) is 5.46 Å². The van der Waals surface area contributed by atoms with Crippen molar-refractivity contribution in [2.75, 3.05) is 0 Å². The molecule has 0 aliphatic carbocycles. The zero-order valence-corrected chi connectivity index (χ0v) is 18.4. The molecule has 0 spiro atoms. The van der Waals surface area contributed by atoms with Crippen molar-refractivity contribution in [2.45, 2.75) is 84.4 Å². The monoisotopic (exact) mass is 384 g/mol. The van der Waals surface area contributed by atoms with Gasteiger partial charge >= 0.3 is 7.12 Å². The van der Waals surface area contributed by atoms with E-state index in [1.54, 1.807) is 0 Å². The van der Waals surface area contributed by atoms with E-state index in [4.69, 9.17) is 13.7 Å². The van der Waals surface area contributed by atoms with E-state index < -0.39 is 38.3 Å². The van der Waals surface area contributed by atoms with Crippen LogP contribution in [0.4, 0.5) is 8.78 Å². The van der Waals surface area contributed by atoms with Crippen LogP contribution >= 0.6 is 0 Å². The van der Waals surface area contributed by atoms with Gasteiger partial charge in [0.05, 0.1) is 17.8 Å². The van der Waals surface area contributed by atoms with E-state index in [1.807, 2.05) is 27.7 Å². The van der Waals surface area contributed by atoms with Crippen LogP contribution in [-0.4, -0.2) is 26.6 Å². The summed E-state index contributed by atoms with van der Waals surface area (Å²) < 4.78 is 46.7. The van der Waals surface area contributed by atoms with Gasteiger partial charge in [0.15, 0.2) is 20.0 Å². The second-order valence-electron chi connectivity index (χ2n) is 9.57. The molecule has 0 radical (unpaired) electrons. The maximum Gasteiger partial charge on any atom is 0.495 e. The van der Waals surface area contributed by atoms with Crippen LogP contribution in [0, 0.1) is 11.6 Å². The highest BCUT2D eigenvalue weighted by atomic mass is 28.4. The van der Waals surface area contributed by atoms with Crippen LogP contribution < -0.4 is 5.46 Å². The largest absolute Gasteiger partial charge is 0.495 e. The van der Waals surface area contributed by atoms with Crippen molar-refractivity contribution in [3.63, 3.8) is 0 Å². The fourth-order valence-corrected chi connectivity index (χ4v) is 3.35. The fourth-order valence-electron chi connectivity index (χ4n) is 2.41. The molecule has 0 saturated carbocycles. The molecule has 7 heteroatoms. The van der Waals surface area contributed by atoms with E-state index >= 15 is 0 Å². The highest BCUT2D eigenvalue weighted by molar-refractivity contribution is 6.74. The van der Waals surface area contributed by atoms with Crippen molar-refractivity contribution in [3.05, 3.63) is 29.3 Å². The lowest BCUT2D eigenvalue weighted by atomic mass is 9.76. The van der Waals surface area contributed by atoms with Gasteiger partial charge in [-0.05, 0) is 57.4 Å². The van der Waals surface area contributed by atoms with Gasteiger partial charge in [0.1, 0.15) is 0 Å². The van der Waals surface area contributed by atoms with Gasteiger partial charge in [-0.1, -0.05) is 26.8 Å². The lowest BCUT2D eigenvalue weighted by Crippen LogP contribution is -2.42. The summed E-state index contributed by atoms with van der Waals surface area (Å²) in [7, 11) is -2.87. The van der Waals surface area contributed by atoms with Crippen LogP contribution in [0.25, 0.3) is 0 Å². The zero-order chi connectivity index (χ0) is 20.1. The molecule has 1 fully saturated rings. The minimum atomic E-state index is -2.12. The van der Waals surface area contributed by atoms with Crippen LogP contribution in [0.3, 0.4) is 0 Å². The zero-order valence-electron chi connectivity index (χ0n) is 17.4. The highest BCUT2D eigenvalue weighted by Gasteiger charge is 2.52. The third-order valence-electron chi connectivity index (χ3n) is 6.12. The maximum atomic E-state index is 14.6. The molecule has 1 aromatic rings. The fraction of sp³-hybridized carbons (Fsp3) is 0.684. The molecule has 1 aromatic carbocycles. The first-order valence-electron chi connectivity index (χ1n) is 9.05. The highest BCUT2D eigenvalue weighted by Crippen LogP contribution is 2.38. The van der Waals surface area contributed by atoms with Crippen LogP contribution in [-0.2, 0) is 20.3 Å². The Labute approximate surface area is 157 Å². The average Bonchev–Trinajstić information content (AvgIpc) is 2.67.